The van der Waals surface area contributed by atoms with Gasteiger partial charge in [-0.2, -0.15) is 0 Å². The Hall–Kier alpha value is -1.62. The maximum Gasteiger partial charge on any atom is 0.201 e. The highest BCUT2D eigenvalue weighted by molar-refractivity contribution is 5.77. The van der Waals surface area contributed by atoms with E-state index < -0.39 is 0 Å². The molecule has 1 aromatic heterocycles. The third kappa shape index (κ3) is 2.74. The molecular formula is C12H17FN4. The lowest BCUT2D eigenvalue weighted by atomic mass is 10.3. The van der Waals surface area contributed by atoms with Gasteiger partial charge in [-0.3, -0.25) is 0 Å². The fourth-order valence-corrected chi connectivity index (χ4v) is 1.49. The van der Waals surface area contributed by atoms with Crippen molar-refractivity contribution in [1.82, 2.24) is 14.9 Å². The third-order valence-corrected chi connectivity index (χ3v) is 2.89. The smallest absolute Gasteiger partial charge is 0.201 e. The summed E-state index contributed by atoms with van der Waals surface area (Å²) >= 11 is 0. The molecule has 0 aliphatic heterocycles. The number of rotatable bonds is 4. The molecule has 2 aromatic rings. The van der Waals surface area contributed by atoms with Crippen LogP contribution in [0.5, 0.6) is 0 Å². The molecule has 1 atom stereocenters. The number of fused-ring (bicyclic) bond motifs is 1. The second-order valence-corrected chi connectivity index (χ2v) is 4.44. The molecule has 0 aliphatic carbocycles. The molecule has 0 radical (unpaired) electrons. The molecule has 1 unspecified atom stereocenters. The molecule has 1 aromatic carbocycles. The fourth-order valence-electron chi connectivity index (χ4n) is 1.49. The lowest BCUT2D eigenvalue weighted by Gasteiger charge is -2.19. The number of nitrogens with one attached hydrogen (secondary N) is 2. The number of H-pyrrole nitrogens is 1. The van der Waals surface area contributed by atoms with Crippen LogP contribution in [0.2, 0.25) is 0 Å². The third-order valence-electron chi connectivity index (χ3n) is 2.89. The number of nitrogens with zero attached hydrogens (tertiary/aromatic N) is 2. The number of likely N-dealkylation sites (N-methyl/N-ethyl adjacent to an activating group) is 1. The van der Waals surface area contributed by atoms with Crippen molar-refractivity contribution in [3.63, 3.8) is 0 Å². The van der Waals surface area contributed by atoms with Crippen molar-refractivity contribution in [3.05, 3.63) is 24.0 Å². The van der Waals surface area contributed by atoms with Crippen molar-refractivity contribution in [2.24, 2.45) is 0 Å². The Bertz CT molecular complexity index is 506. The largest absolute Gasteiger partial charge is 0.354 e. The van der Waals surface area contributed by atoms with Crippen molar-refractivity contribution in [1.29, 1.82) is 0 Å². The number of imidazole rings is 1. The summed E-state index contributed by atoms with van der Waals surface area (Å²) in [5.74, 6) is 0.425. The zero-order valence-electron chi connectivity index (χ0n) is 10.3. The van der Waals surface area contributed by atoms with Crippen LogP contribution in [0.15, 0.2) is 18.2 Å². The van der Waals surface area contributed by atoms with E-state index >= 15 is 0 Å². The van der Waals surface area contributed by atoms with Crippen LogP contribution in [0, 0.1) is 5.82 Å². The van der Waals surface area contributed by atoms with Gasteiger partial charge in [0.15, 0.2) is 0 Å². The van der Waals surface area contributed by atoms with E-state index in [9.17, 15) is 4.39 Å². The van der Waals surface area contributed by atoms with Crippen LogP contribution in [0.4, 0.5) is 10.3 Å². The lowest BCUT2D eigenvalue weighted by Crippen LogP contribution is -2.31. The van der Waals surface area contributed by atoms with Gasteiger partial charge in [-0.1, -0.05) is 0 Å². The van der Waals surface area contributed by atoms with Gasteiger partial charge in [-0.05, 0) is 39.2 Å². The number of hydrogen-bond donors (Lipinski definition) is 2. The number of hydrogen-bond acceptors (Lipinski definition) is 3. The minimum absolute atomic E-state index is 0.255. The number of benzene rings is 1. The van der Waals surface area contributed by atoms with Crippen molar-refractivity contribution >= 4 is 17.0 Å². The van der Waals surface area contributed by atoms with Crippen LogP contribution in [-0.2, 0) is 0 Å². The molecule has 4 nitrogen and oxygen atoms in total. The molecule has 5 heteroatoms. The summed E-state index contributed by atoms with van der Waals surface area (Å²) in [6.45, 7) is 2.91. The number of aromatic nitrogens is 2. The van der Waals surface area contributed by atoms with Crippen molar-refractivity contribution in [3.8, 4) is 0 Å². The van der Waals surface area contributed by atoms with Gasteiger partial charge in [0, 0.05) is 12.6 Å². The molecule has 0 saturated carbocycles. The molecule has 2 rings (SSSR count). The molecule has 0 saturated heterocycles. The van der Waals surface area contributed by atoms with Crippen molar-refractivity contribution < 1.29 is 4.39 Å². The summed E-state index contributed by atoms with van der Waals surface area (Å²) in [6, 6.07) is 4.93. The van der Waals surface area contributed by atoms with Gasteiger partial charge in [0.2, 0.25) is 5.95 Å². The second kappa shape index (κ2) is 4.71. The number of aromatic amines is 1. The van der Waals surface area contributed by atoms with E-state index in [1.54, 1.807) is 6.07 Å². The van der Waals surface area contributed by atoms with Crippen LogP contribution in [0.3, 0.4) is 0 Å². The first-order valence-corrected chi connectivity index (χ1v) is 5.62. The minimum atomic E-state index is -0.255. The molecule has 17 heavy (non-hydrogen) atoms. The molecular weight excluding hydrogens is 219 g/mol. The van der Waals surface area contributed by atoms with E-state index in [-0.39, 0.29) is 5.82 Å². The van der Waals surface area contributed by atoms with E-state index in [2.05, 4.69) is 27.1 Å². The van der Waals surface area contributed by atoms with Crippen molar-refractivity contribution in [2.75, 3.05) is 26.0 Å². The van der Waals surface area contributed by atoms with E-state index in [1.807, 2.05) is 14.1 Å². The molecule has 0 bridgehead atoms. The summed E-state index contributed by atoms with van der Waals surface area (Å²) in [5, 5.41) is 3.20. The standard InChI is InChI=1S/C12H17FN4/c1-8(17(2)3)7-14-12-15-10-5-4-9(13)6-11(10)16-12/h4-6,8H,7H2,1-3H3,(H2,14,15,16). The van der Waals surface area contributed by atoms with Gasteiger partial charge in [0.1, 0.15) is 5.82 Å². The predicted octanol–water partition coefficient (Wildman–Crippen LogP) is 2.06. The normalized spacial score (nSPS) is 13.2. The van der Waals surface area contributed by atoms with Gasteiger partial charge >= 0.3 is 0 Å². The second-order valence-electron chi connectivity index (χ2n) is 4.44. The number of anilines is 1. The Morgan fingerprint density at radius 2 is 2.24 bits per heavy atom. The molecule has 0 aliphatic rings. The van der Waals surface area contributed by atoms with Crippen LogP contribution < -0.4 is 5.32 Å². The van der Waals surface area contributed by atoms with Gasteiger partial charge in [0.05, 0.1) is 11.0 Å². The Kier molecular flexibility index (Phi) is 3.28. The summed E-state index contributed by atoms with van der Waals surface area (Å²) in [7, 11) is 4.06. The van der Waals surface area contributed by atoms with E-state index in [1.165, 1.54) is 12.1 Å². The SMILES string of the molecule is CC(CNc1nc2ccc(F)cc2[nH]1)N(C)C. The van der Waals surface area contributed by atoms with Crippen LogP contribution in [0.1, 0.15) is 6.92 Å². The van der Waals surface area contributed by atoms with Gasteiger partial charge < -0.3 is 15.2 Å². The monoisotopic (exact) mass is 236 g/mol. The van der Waals surface area contributed by atoms with E-state index in [4.69, 9.17) is 0 Å². The molecule has 2 N–H and O–H groups in total. The van der Waals surface area contributed by atoms with Gasteiger partial charge in [-0.15, -0.1) is 0 Å². The molecule has 1 heterocycles. The summed E-state index contributed by atoms with van der Waals surface area (Å²) in [6.07, 6.45) is 0. The number of halogens is 1. The predicted molar refractivity (Wildman–Crippen MR) is 67.7 cm³/mol. The molecule has 0 spiro atoms. The average Bonchev–Trinajstić information content (AvgIpc) is 2.67. The average molecular weight is 236 g/mol. The highest BCUT2D eigenvalue weighted by Crippen LogP contribution is 2.15. The Balaban J connectivity index is 2.09. The summed E-state index contributed by atoms with van der Waals surface area (Å²) < 4.78 is 13.0. The zero-order chi connectivity index (χ0) is 12.4. The van der Waals surface area contributed by atoms with Gasteiger partial charge in [0.25, 0.3) is 0 Å². The zero-order valence-corrected chi connectivity index (χ0v) is 10.3. The first kappa shape index (κ1) is 11.9. The molecule has 92 valence electrons. The fraction of sp³-hybridized carbons (Fsp3) is 0.417. The summed E-state index contributed by atoms with van der Waals surface area (Å²) in [5.41, 5.74) is 1.48. The first-order chi connectivity index (χ1) is 8.06. The minimum Gasteiger partial charge on any atom is -0.354 e. The first-order valence-electron chi connectivity index (χ1n) is 5.62. The van der Waals surface area contributed by atoms with Crippen molar-refractivity contribution in [2.45, 2.75) is 13.0 Å². The Labute approximate surface area is 99.8 Å². The summed E-state index contributed by atoms with van der Waals surface area (Å²) in [4.78, 5) is 9.50. The van der Waals surface area contributed by atoms with E-state index in [0.29, 0.717) is 17.5 Å². The molecule has 0 fully saturated rings. The van der Waals surface area contributed by atoms with Crippen LogP contribution >= 0.6 is 0 Å². The van der Waals surface area contributed by atoms with Crippen LogP contribution in [-0.4, -0.2) is 41.5 Å². The van der Waals surface area contributed by atoms with Crippen LogP contribution in [0.25, 0.3) is 11.0 Å². The Morgan fingerprint density at radius 1 is 1.47 bits per heavy atom. The topological polar surface area (TPSA) is 44.0 Å². The Morgan fingerprint density at radius 3 is 2.94 bits per heavy atom. The quantitative estimate of drug-likeness (QED) is 0.854. The maximum absolute atomic E-state index is 13.0. The maximum atomic E-state index is 13.0. The highest BCUT2D eigenvalue weighted by Gasteiger charge is 2.06. The molecule has 0 amide bonds. The highest BCUT2D eigenvalue weighted by atomic mass is 19.1. The van der Waals surface area contributed by atoms with E-state index in [0.717, 1.165) is 12.1 Å². The van der Waals surface area contributed by atoms with Gasteiger partial charge in [-0.25, -0.2) is 9.37 Å². The lowest BCUT2D eigenvalue weighted by molar-refractivity contribution is 0.326.